The molecule has 4 nitrogen and oxygen atoms in total. The third kappa shape index (κ3) is 3.31. The third-order valence-electron chi connectivity index (χ3n) is 4.07. The van der Waals surface area contributed by atoms with E-state index in [-0.39, 0.29) is 5.91 Å². The molecular formula is C19H21NO3. The Labute approximate surface area is 136 Å². The molecule has 0 fully saturated rings. The number of benzene rings is 2. The van der Waals surface area contributed by atoms with E-state index in [1.54, 1.807) is 7.11 Å². The topological polar surface area (TPSA) is 38.8 Å². The van der Waals surface area contributed by atoms with Gasteiger partial charge in [0, 0.05) is 12.2 Å². The van der Waals surface area contributed by atoms with E-state index < -0.39 is 0 Å². The summed E-state index contributed by atoms with van der Waals surface area (Å²) in [6.45, 7) is 3.34. The highest BCUT2D eigenvalue weighted by molar-refractivity contribution is 5.96. The van der Waals surface area contributed by atoms with Gasteiger partial charge in [-0.2, -0.15) is 0 Å². The van der Waals surface area contributed by atoms with Crippen molar-refractivity contribution in [2.45, 2.75) is 19.8 Å². The lowest BCUT2D eigenvalue weighted by Gasteiger charge is -2.17. The van der Waals surface area contributed by atoms with Crippen LogP contribution in [0, 0.1) is 0 Å². The minimum absolute atomic E-state index is 0.123. The Morgan fingerprint density at radius 2 is 1.87 bits per heavy atom. The minimum Gasteiger partial charge on any atom is -0.497 e. The van der Waals surface area contributed by atoms with Crippen molar-refractivity contribution in [1.29, 1.82) is 0 Å². The van der Waals surface area contributed by atoms with Crippen LogP contribution in [0.15, 0.2) is 42.5 Å². The van der Waals surface area contributed by atoms with Crippen LogP contribution in [0.2, 0.25) is 0 Å². The van der Waals surface area contributed by atoms with Crippen molar-refractivity contribution in [3.63, 3.8) is 0 Å². The van der Waals surface area contributed by atoms with E-state index in [4.69, 9.17) is 9.47 Å². The molecule has 0 spiro atoms. The third-order valence-corrected chi connectivity index (χ3v) is 4.07. The van der Waals surface area contributed by atoms with Crippen LogP contribution < -0.4 is 14.4 Å². The molecule has 1 amide bonds. The maximum atomic E-state index is 12.6. The summed E-state index contributed by atoms with van der Waals surface area (Å²) in [5.74, 6) is 1.80. The number of anilines is 1. The standard InChI is InChI=1S/C19H21NO3/c1-3-23-16-6-4-14(5-7-16)12-19(21)20-11-10-15-13-17(22-2)8-9-18(15)20/h4-9,13H,3,10-12H2,1-2H3. The number of rotatable bonds is 5. The Balaban J connectivity index is 1.70. The lowest BCUT2D eigenvalue weighted by Crippen LogP contribution is -2.30. The number of fused-ring (bicyclic) bond motifs is 1. The number of amides is 1. The molecule has 1 aliphatic rings. The lowest BCUT2D eigenvalue weighted by molar-refractivity contribution is -0.117. The predicted octanol–water partition coefficient (Wildman–Crippen LogP) is 3.23. The molecule has 1 aliphatic heterocycles. The SMILES string of the molecule is CCOc1ccc(CC(=O)N2CCc3cc(OC)ccc32)cc1. The van der Waals surface area contributed by atoms with Crippen molar-refractivity contribution in [3.8, 4) is 11.5 Å². The zero-order valence-corrected chi connectivity index (χ0v) is 13.5. The Hall–Kier alpha value is -2.49. The van der Waals surface area contributed by atoms with Gasteiger partial charge in [0.1, 0.15) is 11.5 Å². The first kappa shape index (κ1) is 15.4. The summed E-state index contributed by atoms with van der Waals surface area (Å²) in [6, 6.07) is 13.6. The van der Waals surface area contributed by atoms with Crippen LogP contribution in [-0.4, -0.2) is 26.2 Å². The van der Waals surface area contributed by atoms with Crippen molar-refractivity contribution in [2.75, 3.05) is 25.2 Å². The van der Waals surface area contributed by atoms with Gasteiger partial charge in [0.25, 0.3) is 0 Å². The molecule has 0 radical (unpaired) electrons. The number of carbonyl (C=O) groups is 1. The van der Waals surface area contributed by atoms with E-state index in [1.807, 2.05) is 54.3 Å². The Bertz CT molecular complexity index is 694. The van der Waals surface area contributed by atoms with Crippen LogP contribution in [0.5, 0.6) is 11.5 Å². The monoisotopic (exact) mass is 311 g/mol. The summed E-state index contributed by atoms with van der Waals surface area (Å²) in [4.78, 5) is 14.5. The van der Waals surface area contributed by atoms with Gasteiger partial charge in [-0.15, -0.1) is 0 Å². The first-order valence-electron chi connectivity index (χ1n) is 7.90. The van der Waals surface area contributed by atoms with Gasteiger partial charge in [0.15, 0.2) is 0 Å². The second-order valence-corrected chi connectivity index (χ2v) is 5.54. The first-order chi connectivity index (χ1) is 11.2. The molecule has 0 N–H and O–H groups in total. The number of carbonyl (C=O) groups excluding carboxylic acids is 1. The molecule has 0 saturated heterocycles. The summed E-state index contributed by atoms with van der Waals surface area (Å²) < 4.78 is 10.7. The fourth-order valence-corrected chi connectivity index (χ4v) is 2.90. The molecule has 120 valence electrons. The van der Waals surface area contributed by atoms with E-state index in [2.05, 4.69) is 0 Å². The van der Waals surface area contributed by atoms with E-state index in [9.17, 15) is 4.79 Å². The van der Waals surface area contributed by atoms with Crippen molar-refractivity contribution in [1.82, 2.24) is 0 Å². The second-order valence-electron chi connectivity index (χ2n) is 5.54. The van der Waals surface area contributed by atoms with Crippen molar-refractivity contribution >= 4 is 11.6 Å². The van der Waals surface area contributed by atoms with Gasteiger partial charge in [-0.1, -0.05) is 12.1 Å². The molecule has 2 aromatic carbocycles. The number of hydrogen-bond acceptors (Lipinski definition) is 3. The molecule has 0 saturated carbocycles. The number of hydrogen-bond donors (Lipinski definition) is 0. The average Bonchev–Trinajstić information content (AvgIpc) is 3.00. The predicted molar refractivity (Wildman–Crippen MR) is 90.4 cm³/mol. The number of methoxy groups -OCH3 is 1. The van der Waals surface area contributed by atoms with Crippen molar-refractivity contribution in [3.05, 3.63) is 53.6 Å². The molecule has 23 heavy (non-hydrogen) atoms. The van der Waals surface area contributed by atoms with Crippen LogP contribution in [0.1, 0.15) is 18.1 Å². The minimum atomic E-state index is 0.123. The van der Waals surface area contributed by atoms with Gasteiger partial charge in [-0.3, -0.25) is 4.79 Å². The van der Waals surface area contributed by atoms with Crippen LogP contribution in [0.4, 0.5) is 5.69 Å². The Kier molecular flexibility index (Phi) is 4.51. The molecule has 0 aliphatic carbocycles. The normalized spacial score (nSPS) is 12.9. The zero-order chi connectivity index (χ0) is 16.2. The van der Waals surface area contributed by atoms with Gasteiger partial charge < -0.3 is 14.4 Å². The second kappa shape index (κ2) is 6.73. The van der Waals surface area contributed by atoms with Crippen LogP contribution in [-0.2, 0) is 17.6 Å². The maximum Gasteiger partial charge on any atom is 0.231 e. The molecule has 1 heterocycles. The fourth-order valence-electron chi connectivity index (χ4n) is 2.90. The Morgan fingerprint density at radius 3 is 2.57 bits per heavy atom. The summed E-state index contributed by atoms with van der Waals surface area (Å²) in [7, 11) is 1.66. The summed E-state index contributed by atoms with van der Waals surface area (Å²) in [5.41, 5.74) is 3.17. The fraction of sp³-hybridized carbons (Fsp3) is 0.316. The molecule has 0 unspecified atom stereocenters. The highest BCUT2D eigenvalue weighted by Gasteiger charge is 2.24. The lowest BCUT2D eigenvalue weighted by atomic mass is 10.1. The van der Waals surface area contributed by atoms with Gasteiger partial charge in [0.2, 0.25) is 5.91 Å². The van der Waals surface area contributed by atoms with Crippen LogP contribution in [0.3, 0.4) is 0 Å². The van der Waals surface area contributed by atoms with E-state index in [0.717, 1.165) is 35.7 Å². The van der Waals surface area contributed by atoms with Crippen LogP contribution in [0.25, 0.3) is 0 Å². The summed E-state index contributed by atoms with van der Waals surface area (Å²) in [5, 5.41) is 0. The van der Waals surface area contributed by atoms with E-state index in [0.29, 0.717) is 13.0 Å². The molecule has 2 aromatic rings. The highest BCUT2D eigenvalue weighted by atomic mass is 16.5. The Morgan fingerprint density at radius 1 is 1.13 bits per heavy atom. The summed E-state index contributed by atoms with van der Waals surface area (Å²) >= 11 is 0. The van der Waals surface area contributed by atoms with Crippen LogP contribution >= 0.6 is 0 Å². The van der Waals surface area contributed by atoms with Crippen molar-refractivity contribution in [2.24, 2.45) is 0 Å². The van der Waals surface area contributed by atoms with E-state index in [1.165, 1.54) is 5.56 Å². The molecule has 4 heteroatoms. The molecule has 0 aromatic heterocycles. The van der Waals surface area contributed by atoms with Gasteiger partial charge in [0.05, 0.1) is 20.1 Å². The average molecular weight is 311 g/mol. The quantitative estimate of drug-likeness (QED) is 0.851. The van der Waals surface area contributed by atoms with Crippen molar-refractivity contribution < 1.29 is 14.3 Å². The zero-order valence-electron chi connectivity index (χ0n) is 13.5. The van der Waals surface area contributed by atoms with E-state index >= 15 is 0 Å². The first-order valence-corrected chi connectivity index (χ1v) is 7.90. The summed E-state index contributed by atoms with van der Waals surface area (Å²) in [6.07, 6.45) is 1.28. The number of ether oxygens (including phenoxy) is 2. The van der Waals surface area contributed by atoms with Gasteiger partial charge >= 0.3 is 0 Å². The molecule has 3 rings (SSSR count). The highest BCUT2D eigenvalue weighted by Crippen LogP contribution is 2.31. The molecule has 0 bridgehead atoms. The number of nitrogens with zero attached hydrogens (tertiary/aromatic N) is 1. The van der Waals surface area contributed by atoms with Gasteiger partial charge in [-0.05, 0) is 54.8 Å². The molecule has 0 atom stereocenters. The largest absolute Gasteiger partial charge is 0.497 e. The van der Waals surface area contributed by atoms with Gasteiger partial charge in [-0.25, -0.2) is 0 Å². The smallest absolute Gasteiger partial charge is 0.231 e. The molecular weight excluding hydrogens is 290 g/mol. The maximum absolute atomic E-state index is 12.6.